The van der Waals surface area contributed by atoms with E-state index in [-0.39, 0.29) is 11.5 Å². The summed E-state index contributed by atoms with van der Waals surface area (Å²) in [4.78, 5) is 42.4. The molecule has 4 rings (SSSR count). The van der Waals surface area contributed by atoms with E-state index in [2.05, 4.69) is 31.5 Å². The van der Waals surface area contributed by atoms with Crippen LogP contribution in [-0.4, -0.2) is 22.6 Å². The maximum Gasteiger partial charge on any atom is 0.272 e. The van der Waals surface area contributed by atoms with E-state index in [1.54, 1.807) is 79.1 Å². The molecular formula is C30H22BrN3O3. The first kappa shape index (κ1) is 25.5. The summed E-state index contributed by atoms with van der Waals surface area (Å²) in [6.07, 6.45) is 8.10. The van der Waals surface area contributed by atoms with E-state index in [0.717, 1.165) is 15.6 Å². The molecule has 7 heteroatoms. The summed E-state index contributed by atoms with van der Waals surface area (Å²) in [5.74, 6) is -1.08. The number of hydrogen-bond acceptors (Lipinski definition) is 4. The summed E-state index contributed by atoms with van der Waals surface area (Å²) in [7, 11) is 0. The van der Waals surface area contributed by atoms with E-state index in [0.29, 0.717) is 16.8 Å². The second kappa shape index (κ2) is 12.4. The van der Waals surface area contributed by atoms with E-state index in [4.69, 9.17) is 0 Å². The van der Waals surface area contributed by atoms with Gasteiger partial charge in [0, 0.05) is 33.7 Å². The molecule has 3 aromatic carbocycles. The van der Waals surface area contributed by atoms with Crippen molar-refractivity contribution in [2.45, 2.75) is 0 Å². The van der Waals surface area contributed by atoms with E-state index >= 15 is 0 Å². The van der Waals surface area contributed by atoms with Crippen LogP contribution in [0.4, 0.5) is 5.69 Å². The topological polar surface area (TPSA) is 88.2 Å². The van der Waals surface area contributed by atoms with Crippen LogP contribution in [0.3, 0.4) is 0 Å². The van der Waals surface area contributed by atoms with Crippen LogP contribution in [0, 0.1) is 0 Å². The summed E-state index contributed by atoms with van der Waals surface area (Å²) in [6, 6.07) is 26.2. The van der Waals surface area contributed by atoms with Gasteiger partial charge in [0.25, 0.3) is 11.8 Å². The molecule has 0 bridgehead atoms. The Balaban J connectivity index is 1.50. The van der Waals surface area contributed by atoms with Crippen molar-refractivity contribution in [1.29, 1.82) is 0 Å². The van der Waals surface area contributed by atoms with Crippen molar-refractivity contribution in [2.75, 3.05) is 5.32 Å². The normalized spacial score (nSPS) is 11.2. The van der Waals surface area contributed by atoms with Crippen molar-refractivity contribution >= 4 is 51.4 Å². The van der Waals surface area contributed by atoms with Crippen LogP contribution in [0.2, 0.25) is 0 Å². The van der Waals surface area contributed by atoms with Crippen LogP contribution in [0.15, 0.2) is 120 Å². The maximum absolute atomic E-state index is 13.2. The van der Waals surface area contributed by atoms with E-state index < -0.39 is 11.8 Å². The van der Waals surface area contributed by atoms with Gasteiger partial charge < -0.3 is 10.6 Å². The summed E-state index contributed by atoms with van der Waals surface area (Å²) >= 11 is 3.42. The molecule has 0 saturated heterocycles. The van der Waals surface area contributed by atoms with Crippen molar-refractivity contribution in [3.63, 3.8) is 0 Å². The monoisotopic (exact) mass is 551 g/mol. The lowest BCUT2D eigenvalue weighted by Crippen LogP contribution is -2.30. The van der Waals surface area contributed by atoms with Gasteiger partial charge in [0.1, 0.15) is 5.70 Å². The third kappa shape index (κ3) is 7.43. The maximum atomic E-state index is 13.2. The molecule has 182 valence electrons. The zero-order valence-corrected chi connectivity index (χ0v) is 21.2. The number of benzene rings is 3. The zero-order valence-electron chi connectivity index (χ0n) is 19.6. The van der Waals surface area contributed by atoms with Crippen molar-refractivity contribution in [3.8, 4) is 0 Å². The highest BCUT2D eigenvalue weighted by Crippen LogP contribution is 2.16. The minimum absolute atomic E-state index is 0.0755. The first-order valence-electron chi connectivity index (χ1n) is 11.4. The second-order valence-corrected chi connectivity index (χ2v) is 8.86. The second-order valence-electron chi connectivity index (χ2n) is 7.95. The number of ketones is 1. The number of carbonyl (C=O) groups is 3. The number of halogens is 1. The molecule has 37 heavy (non-hydrogen) atoms. The average molecular weight is 552 g/mol. The Bertz CT molecular complexity index is 1470. The number of allylic oxidation sites excluding steroid dienone is 1. The first-order chi connectivity index (χ1) is 18.0. The predicted molar refractivity (Wildman–Crippen MR) is 149 cm³/mol. The Morgan fingerprint density at radius 2 is 1.54 bits per heavy atom. The fraction of sp³-hybridized carbons (Fsp3) is 0. The van der Waals surface area contributed by atoms with Gasteiger partial charge >= 0.3 is 0 Å². The molecule has 0 atom stereocenters. The molecule has 0 unspecified atom stereocenters. The number of carbonyl (C=O) groups excluding carboxylic acids is 3. The number of anilines is 1. The Hall–Kier alpha value is -4.62. The molecular weight excluding hydrogens is 530 g/mol. The standard InChI is InChI=1S/C30H22BrN3O3/c31-25-10-4-6-22(18-25)19-27(34-29(36)24-8-2-1-3-9-24)30(37)33-26-14-12-23(13-15-26)28(35)16-11-21-7-5-17-32-20-21/h1-20H,(H,33,37)(H,34,36)/b16-11+,27-19-. The van der Waals surface area contributed by atoms with Crippen molar-refractivity contribution in [3.05, 3.63) is 142 Å². The average Bonchev–Trinajstić information content (AvgIpc) is 2.93. The largest absolute Gasteiger partial charge is 0.321 e. The zero-order chi connectivity index (χ0) is 26.0. The first-order valence-corrected chi connectivity index (χ1v) is 12.1. The quantitative estimate of drug-likeness (QED) is 0.203. The molecule has 6 nitrogen and oxygen atoms in total. The molecule has 0 aliphatic rings. The number of nitrogens with zero attached hydrogens (tertiary/aromatic N) is 1. The van der Waals surface area contributed by atoms with Crippen molar-refractivity contribution in [2.24, 2.45) is 0 Å². The van der Waals surface area contributed by atoms with Crippen LogP contribution in [0.5, 0.6) is 0 Å². The molecule has 0 aliphatic heterocycles. The molecule has 0 fully saturated rings. The van der Waals surface area contributed by atoms with Gasteiger partial charge in [-0.3, -0.25) is 19.4 Å². The Labute approximate surface area is 222 Å². The molecule has 0 aliphatic carbocycles. The molecule has 2 amide bonds. The number of pyridine rings is 1. The predicted octanol–water partition coefficient (Wildman–Crippen LogP) is 6.15. The lowest BCUT2D eigenvalue weighted by Gasteiger charge is -2.12. The van der Waals surface area contributed by atoms with E-state index in [1.807, 2.05) is 36.4 Å². The molecule has 1 aromatic heterocycles. The highest BCUT2D eigenvalue weighted by Gasteiger charge is 2.15. The Morgan fingerprint density at radius 1 is 0.784 bits per heavy atom. The molecule has 0 radical (unpaired) electrons. The van der Waals surface area contributed by atoms with Gasteiger partial charge in [0.2, 0.25) is 0 Å². The molecule has 2 N–H and O–H groups in total. The van der Waals surface area contributed by atoms with Gasteiger partial charge in [-0.1, -0.05) is 52.3 Å². The molecule has 0 saturated carbocycles. The molecule has 0 spiro atoms. The number of amides is 2. The minimum atomic E-state index is -0.500. The fourth-order valence-electron chi connectivity index (χ4n) is 3.36. The highest BCUT2D eigenvalue weighted by molar-refractivity contribution is 9.10. The SMILES string of the molecule is O=C(Nc1ccc(C(=O)/C=C/c2cccnc2)cc1)/C(=C/c1cccc(Br)c1)NC(=O)c1ccccc1. The Morgan fingerprint density at radius 3 is 2.24 bits per heavy atom. The van der Waals surface area contributed by atoms with Gasteiger partial charge in [0.15, 0.2) is 5.78 Å². The number of hydrogen-bond donors (Lipinski definition) is 2. The van der Waals surface area contributed by atoms with Crippen LogP contribution in [-0.2, 0) is 4.79 Å². The van der Waals surface area contributed by atoms with Gasteiger partial charge in [-0.05, 0) is 84.0 Å². The number of rotatable bonds is 8. The van der Waals surface area contributed by atoms with Crippen LogP contribution in [0.1, 0.15) is 31.8 Å². The fourth-order valence-corrected chi connectivity index (χ4v) is 3.78. The van der Waals surface area contributed by atoms with Crippen LogP contribution in [0.25, 0.3) is 12.2 Å². The van der Waals surface area contributed by atoms with Gasteiger partial charge in [0.05, 0.1) is 0 Å². The van der Waals surface area contributed by atoms with Gasteiger partial charge in [-0.15, -0.1) is 0 Å². The van der Waals surface area contributed by atoms with E-state index in [9.17, 15) is 14.4 Å². The Kier molecular flexibility index (Phi) is 8.52. The highest BCUT2D eigenvalue weighted by atomic mass is 79.9. The summed E-state index contributed by atoms with van der Waals surface area (Å²) in [5.41, 5.74) is 3.01. The van der Waals surface area contributed by atoms with Crippen LogP contribution < -0.4 is 10.6 Å². The van der Waals surface area contributed by atoms with Crippen molar-refractivity contribution < 1.29 is 14.4 Å². The molecule has 4 aromatic rings. The van der Waals surface area contributed by atoms with Crippen molar-refractivity contribution in [1.82, 2.24) is 10.3 Å². The number of aromatic nitrogens is 1. The smallest absolute Gasteiger partial charge is 0.272 e. The van der Waals surface area contributed by atoms with Gasteiger partial charge in [-0.2, -0.15) is 0 Å². The summed E-state index contributed by atoms with van der Waals surface area (Å²) in [5, 5.41) is 5.50. The van der Waals surface area contributed by atoms with Crippen LogP contribution >= 0.6 is 15.9 Å². The number of nitrogens with one attached hydrogen (secondary N) is 2. The minimum Gasteiger partial charge on any atom is -0.321 e. The lowest BCUT2D eigenvalue weighted by atomic mass is 10.1. The van der Waals surface area contributed by atoms with E-state index in [1.165, 1.54) is 6.08 Å². The summed E-state index contributed by atoms with van der Waals surface area (Å²) < 4.78 is 0.841. The summed E-state index contributed by atoms with van der Waals surface area (Å²) in [6.45, 7) is 0. The van der Waals surface area contributed by atoms with Gasteiger partial charge in [-0.25, -0.2) is 0 Å². The third-order valence-electron chi connectivity index (χ3n) is 5.23. The lowest BCUT2D eigenvalue weighted by molar-refractivity contribution is -0.113. The third-order valence-corrected chi connectivity index (χ3v) is 5.72. The molecule has 1 heterocycles.